The second-order valence-corrected chi connectivity index (χ2v) is 3.94. The zero-order chi connectivity index (χ0) is 11.5. The Labute approximate surface area is 98.7 Å². The molecule has 0 saturated heterocycles. The number of aromatic nitrogens is 2. The molecule has 3 aromatic rings. The van der Waals surface area contributed by atoms with Crippen molar-refractivity contribution in [1.29, 1.82) is 0 Å². The molecule has 86 valence electrons. The summed E-state index contributed by atoms with van der Waals surface area (Å²) in [7, 11) is 0. The quantitative estimate of drug-likeness (QED) is 0.719. The smallest absolute Gasteiger partial charge is 0.117 e. The van der Waals surface area contributed by atoms with Crippen molar-refractivity contribution >= 4 is 11.0 Å². The third-order valence-electron chi connectivity index (χ3n) is 2.69. The van der Waals surface area contributed by atoms with Gasteiger partial charge in [0.25, 0.3) is 0 Å². The highest BCUT2D eigenvalue weighted by Gasteiger charge is 1.99. The largest absolute Gasteiger partial charge is 0.468 e. The van der Waals surface area contributed by atoms with Gasteiger partial charge in [0.1, 0.15) is 5.76 Å². The molecule has 0 radical (unpaired) electrons. The predicted octanol–water partition coefficient (Wildman–Crippen LogP) is 2.45. The molecule has 0 unspecified atom stereocenters. The summed E-state index contributed by atoms with van der Waals surface area (Å²) >= 11 is 0. The fourth-order valence-electron chi connectivity index (χ4n) is 1.84. The van der Waals surface area contributed by atoms with Crippen molar-refractivity contribution in [2.75, 3.05) is 0 Å². The van der Waals surface area contributed by atoms with Crippen LogP contribution in [-0.4, -0.2) is 9.97 Å². The predicted molar refractivity (Wildman–Crippen MR) is 65.3 cm³/mol. The molecule has 0 fully saturated rings. The fraction of sp³-hybridized carbons (Fsp3) is 0.154. The Morgan fingerprint density at radius 1 is 1.24 bits per heavy atom. The van der Waals surface area contributed by atoms with Gasteiger partial charge in [-0.3, -0.25) is 0 Å². The number of nitrogens with one attached hydrogen (secondary N) is 2. The average Bonchev–Trinajstić information content (AvgIpc) is 2.98. The minimum absolute atomic E-state index is 0.744. The van der Waals surface area contributed by atoms with E-state index in [1.165, 1.54) is 5.56 Å². The third kappa shape index (κ3) is 2.21. The van der Waals surface area contributed by atoms with Crippen molar-refractivity contribution in [3.05, 3.63) is 54.2 Å². The molecule has 3 rings (SSSR count). The standard InChI is InChI=1S/C13H13N3O/c1-2-11(17-5-1)8-14-7-10-3-4-12-13(6-10)16-9-15-12/h1-6,9,14H,7-8H2,(H,15,16). The van der Waals surface area contributed by atoms with Crippen LogP contribution in [0.1, 0.15) is 11.3 Å². The van der Waals surface area contributed by atoms with Crippen molar-refractivity contribution < 1.29 is 4.42 Å². The first-order chi connectivity index (χ1) is 8.42. The van der Waals surface area contributed by atoms with Crippen LogP contribution >= 0.6 is 0 Å². The van der Waals surface area contributed by atoms with Crippen LogP contribution in [-0.2, 0) is 13.1 Å². The Hall–Kier alpha value is -2.07. The van der Waals surface area contributed by atoms with Crippen LogP contribution in [0.4, 0.5) is 0 Å². The lowest BCUT2D eigenvalue weighted by Crippen LogP contribution is -2.11. The molecular formula is C13H13N3O. The Kier molecular flexibility index (Phi) is 2.63. The van der Waals surface area contributed by atoms with E-state index in [1.807, 2.05) is 18.2 Å². The van der Waals surface area contributed by atoms with Gasteiger partial charge in [-0.15, -0.1) is 0 Å². The Bertz CT molecular complexity index is 598. The maximum atomic E-state index is 5.25. The molecule has 2 aromatic heterocycles. The van der Waals surface area contributed by atoms with Crippen molar-refractivity contribution in [3.8, 4) is 0 Å². The van der Waals surface area contributed by atoms with Gasteiger partial charge in [0.2, 0.25) is 0 Å². The summed E-state index contributed by atoms with van der Waals surface area (Å²) in [5.41, 5.74) is 3.30. The van der Waals surface area contributed by atoms with E-state index in [9.17, 15) is 0 Å². The van der Waals surface area contributed by atoms with E-state index in [2.05, 4.69) is 27.4 Å². The average molecular weight is 227 g/mol. The van der Waals surface area contributed by atoms with Crippen LogP contribution < -0.4 is 5.32 Å². The lowest BCUT2D eigenvalue weighted by atomic mass is 10.2. The molecule has 0 atom stereocenters. The van der Waals surface area contributed by atoms with Crippen molar-refractivity contribution in [3.63, 3.8) is 0 Å². The highest BCUT2D eigenvalue weighted by Crippen LogP contribution is 2.11. The molecule has 0 aliphatic carbocycles. The van der Waals surface area contributed by atoms with Gasteiger partial charge >= 0.3 is 0 Å². The number of imidazole rings is 1. The minimum Gasteiger partial charge on any atom is -0.468 e. The normalized spacial score (nSPS) is 11.1. The number of benzene rings is 1. The van der Waals surface area contributed by atoms with E-state index in [4.69, 9.17) is 4.42 Å². The number of fused-ring (bicyclic) bond motifs is 1. The molecule has 0 bridgehead atoms. The van der Waals surface area contributed by atoms with Gasteiger partial charge in [0, 0.05) is 6.54 Å². The molecule has 0 spiro atoms. The highest BCUT2D eigenvalue weighted by atomic mass is 16.3. The van der Waals surface area contributed by atoms with Crippen LogP contribution in [0, 0.1) is 0 Å². The second-order valence-electron chi connectivity index (χ2n) is 3.94. The zero-order valence-electron chi connectivity index (χ0n) is 9.31. The van der Waals surface area contributed by atoms with Gasteiger partial charge in [0.15, 0.2) is 0 Å². The Balaban J connectivity index is 1.64. The summed E-state index contributed by atoms with van der Waals surface area (Å²) in [6.07, 6.45) is 3.40. The maximum Gasteiger partial charge on any atom is 0.117 e. The maximum absolute atomic E-state index is 5.25. The van der Waals surface area contributed by atoms with Gasteiger partial charge in [-0.05, 0) is 29.8 Å². The van der Waals surface area contributed by atoms with Gasteiger partial charge in [-0.2, -0.15) is 0 Å². The third-order valence-corrected chi connectivity index (χ3v) is 2.69. The summed E-state index contributed by atoms with van der Waals surface area (Å²) in [5.74, 6) is 0.951. The fourth-order valence-corrected chi connectivity index (χ4v) is 1.84. The zero-order valence-corrected chi connectivity index (χ0v) is 9.31. The number of hydrogen-bond acceptors (Lipinski definition) is 3. The number of H-pyrrole nitrogens is 1. The molecule has 0 aliphatic rings. The van der Waals surface area contributed by atoms with Gasteiger partial charge in [-0.25, -0.2) is 4.98 Å². The molecular weight excluding hydrogens is 214 g/mol. The summed E-state index contributed by atoms with van der Waals surface area (Å²) in [6, 6.07) is 10.1. The Morgan fingerprint density at radius 2 is 2.24 bits per heavy atom. The minimum atomic E-state index is 0.744. The number of nitrogens with zero attached hydrogens (tertiary/aromatic N) is 1. The molecule has 17 heavy (non-hydrogen) atoms. The van der Waals surface area contributed by atoms with Crippen molar-refractivity contribution in [2.45, 2.75) is 13.1 Å². The SMILES string of the molecule is c1coc(CNCc2ccc3nc[nH]c3c2)c1. The van der Waals surface area contributed by atoms with Crippen LogP contribution in [0.2, 0.25) is 0 Å². The molecule has 4 nitrogen and oxygen atoms in total. The van der Waals surface area contributed by atoms with Gasteiger partial charge in [-0.1, -0.05) is 6.07 Å². The van der Waals surface area contributed by atoms with Crippen molar-refractivity contribution in [2.24, 2.45) is 0 Å². The van der Waals surface area contributed by atoms with E-state index >= 15 is 0 Å². The molecule has 2 N–H and O–H groups in total. The summed E-state index contributed by atoms with van der Waals surface area (Å²) in [6.45, 7) is 1.56. The number of hydrogen-bond donors (Lipinski definition) is 2. The summed E-state index contributed by atoms with van der Waals surface area (Å²) < 4.78 is 5.25. The molecule has 0 aliphatic heterocycles. The second kappa shape index (κ2) is 4.43. The number of rotatable bonds is 4. The highest BCUT2D eigenvalue weighted by molar-refractivity contribution is 5.74. The van der Waals surface area contributed by atoms with Crippen LogP contribution in [0.5, 0.6) is 0 Å². The first kappa shape index (κ1) is 10.1. The molecule has 2 heterocycles. The van der Waals surface area contributed by atoms with Gasteiger partial charge < -0.3 is 14.7 Å². The van der Waals surface area contributed by atoms with Crippen molar-refractivity contribution in [1.82, 2.24) is 15.3 Å². The van der Waals surface area contributed by atoms with E-state index in [-0.39, 0.29) is 0 Å². The van der Waals surface area contributed by atoms with Crippen LogP contribution in [0.3, 0.4) is 0 Å². The first-order valence-electron chi connectivity index (χ1n) is 5.57. The molecule has 0 saturated carbocycles. The van der Waals surface area contributed by atoms with E-state index < -0.39 is 0 Å². The Morgan fingerprint density at radius 3 is 3.12 bits per heavy atom. The summed E-state index contributed by atoms with van der Waals surface area (Å²) in [4.78, 5) is 7.30. The summed E-state index contributed by atoms with van der Waals surface area (Å²) in [5, 5.41) is 3.33. The number of furan rings is 1. The van der Waals surface area contributed by atoms with Crippen LogP contribution in [0.25, 0.3) is 11.0 Å². The molecule has 0 amide bonds. The first-order valence-corrected chi connectivity index (χ1v) is 5.57. The van der Waals surface area contributed by atoms with Crippen LogP contribution in [0.15, 0.2) is 47.3 Å². The van der Waals surface area contributed by atoms with Gasteiger partial charge in [0.05, 0.1) is 30.2 Å². The number of aromatic amines is 1. The lowest BCUT2D eigenvalue weighted by molar-refractivity contribution is 0.483. The molecule has 4 heteroatoms. The lowest BCUT2D eigenvalue weighted by Gasteiger charge is -2.03. The van der Waals surface area contributed by atoms with E-state index in [0.717, 1.165) is 29.9 Å². The van der Waals surface area contributed by atoms with E-state index in [0.29, 0.717) is 0 Å². The monoisotopic (exact) mass is 227 g/mol. The topological polar surface area (TPSA) is 53.9 Å². The van der Waals surface area contributed by atoms with E-state index in [1.54, 1.807) is 12.6 Å². The molecule has 1 aromatic carbocycles.